The van der Waals surface area contributed by atoms with Gasteiger partial charge in [0.1, 0.15) is 12.1 Å². The van der Waals surface area contributed by atoms with Gasteiger partial charge in [-0.1, -0.05) is 24.3 Å². The molecule has 2 aromatic carbocycles. The van der Waals surface area contributed by atoms with E-state index in [0.717, 1.165) is 23.4 Å². The smallest absolute Gasteiger partial charge is 0.337 e. The van der Waals surface area contributed by atoms with Crippen LogP contribution in [0.4, 0.5) is 17.7 Å². The highest BCUT2D eigenvalue weighted by Gasteiger charge is 2.09. The minimum absolute atomic E-state index is 0.371. The predicted molar refractivity (Wildman–Crippen MR) is 124 cm³/mol. The quantitative estimate of drug-likeness (QED) is 0.332. The van der Waals surface area contributed by atoms with E-state index < -0.39 is 0 Å². The summed E-state index contributed by atoms with van der Waals surface area (Å²) in [6.07, 6.45) is 2.25. The summed E-state index contributed by atoms with van der Waals surface area (Å²) >= 11 is 0. The monoisotopic (exact) mass is 445 g/mol. The number of anilines is 3. The molecule has 2 heterocycles. The molecular formula is C23H23N7O3. The topological polar surface area (TPSA) is 127 Å². The SMILES string of the molecule is COC(=O)c1ccc(-c2cc(Nc3ncnc(NCCc4ccc(OC)cc4)n3)n[nH]2)cc1. The number of aromatic amines is 1. The van der Waals surface area contributed by atoms with Gasteiger partial charge in [-0.3, -0.25) is 5.10 Å². The van der Waals surface area contributed by atoms with Crippen molar-refractivity contribution in [2.24, 2.45) is 0 Å². The Hall–Kier alpha value is -4.47. The van der Waals surface area contributed by atoms with Crippen LogP contribution in [0.15, 0.2) is 60.9 Å². The number of hydrogen-bond acceptors (Lipinski definition) is 9. The van der Waals surface area contributed by atoms with Gasteiger partial charge >= 0.3 is 5.97 Å². The van der Waals surface area contributed by atoms with Crippen molar-refractivity contribution in [2.45, 2.75) is 6.42 Å². The zero-order chi connectivity index (χ0) is 23.0. The molecule has 0 aliphatic rings. The Morgan fingerprint density at radius 3 is 2.48 bits per heavy atom. The zero-order valence-electron chi connectivity index (χ0n) is 18.2. The minimum atomic E-state index is -0.378. The molecule has 0 amide bonds. The van der Waals surface area contributed by atoms with Crippen LogP contribution in [0.5, 0.6) is 5.75 Å². The maximum absolute atomic E-state index is 11.6. The van der Waals surface area contributed by atoms with Crippen molar-refractivity contribution in [3.63, 3.8) is 0 Å². The lowest BCUT2D eigenvalue weighted by atomic mass is 10.1. The number of aromatic nitrogens is 5. The van der Waals surface area contributed by atoms with Crippen molar-refractivity contribution < 1.29 is 14.3 Å². The minimum Gasteiger partial charge on any atom is -0.497 e. The van der Waals surface area contributed by atoms with Crippen LogP contribution in [0.25, 0.3) is 11.3 Å². The third kappa shape index (κ3) is 5.62. The summed E-state index contributed by atoms with van der Waals surface area (Å²) in [5, 5.41) is 13.5. The van der Waals surface area contributed by atoms with Gasteiger partial charge in [0, 0.05) is 12.6 Å². The largest absolute Gasteiger partial charge is 0.497 e. The fourth-order valence-electron chi connectivity index (χ4n) is 3.10. The van der Waals surface area contributed by atoms with Crippen LogP contribution in [0.2, 0.25) is 0 Å². The molecule has 168 valence electrons. The fourth-order valence-corrected chi connectivity index (χ4v) is 3.10. The second-order valence-electron chi connectivity index (χ2n) is 7.02. The van der Waals surface area contributed by atoms with Gasteiger partial charge in [0.15, 0.2) is 5.82 Å². The number of ether oxygens (including phenoxy) is 2. The van der Waals surface area contributed by atoms with Crippen molar-refractivity contribution in [3.05, 3.63) is 72.1 Å². The van der Waals surface area contributed by atoms with Crippen molar-refractivity contribution >= 4 is 23.7 Å². The molecule has 0 spiro atoms. The molecule has 0 fully saturated rings. The first-order valence-electron chi connectivity index (χ1n) is 10.2. The number of benzene rings is 2. The lowest BCUT2D eigenvalue weighted by Crippen LogP contribution is -2.09. The fraction of sp³-hybridized carbons (Fsp3) is 0.174. The van der Waals surface area contributed by atoms with Gasteiger partial charge in [-0.05, 0) is 41.8 Å². The molecule has 4 rings (SSSR count). The lowest BCUT2D eigenvalue weighted by Gasteiger charge is -2.07. The Kier molecular flexibility index (Phi) is 6.74. The van der Waals surface area contributed by atoms with E-state index in [0.29, 0.717) is 29.8 Å². The molecule has 0 saturated heterocycles. The van der Waals surface area contributed by atoms with Gasteiger partial charge < -0.3 is 20.1 Å². The molecule has 10 heteroatoms. The Balaban J connectivity index is 1.34. The number of nitrogens with zero attached hydrogens (tertiary/aromatic N) is 4. The van der Waals surface area contributed by atoms with Gasteiger partial charge in [-0.25, -0.2) is 14.8 Å². The van der Waals surface area contributed by atoms with Gasteiger partial charge in [-0.2, -0.15) is 10.1 Å². The number of H-pyrrole nitrogens is 1. The number of hydrogen-bond donors (Lipinski definition) is 3. The average molecular weight is 445 g/mol. The molecule has 0 atom stereocenters. The summed E-state index contributed by atoms with van der Waals surface area (Å²) in [6, 6.07) is 16.8. The first-order valence-corrected chi connectivity index (χ1v) is 10.2. The molecule has 3 N–H and O–H groups in total. The molecule has 0 saturated carbocycles. The summed E-state index contributed by atoms with van der Waals surface area (Å²) in [6.45, 7) is 0.671. The van der Waals surface area contributed by atoms with Crippen LogP contribution in [0, 0.1) is 0 Å². The molecule has 33 heavy (non-hydrogen) atoms. The lowest BCUT2D eigenvalue weighted by molar-refractivity contribution is 0.0600. The van der Waals surface area contributed by atoms with Crippen LogP contribution in [0.3, 0.4) is 0 Å². The summed E-state index contributed by atoms with van der Waals surface area (Å²) in [5.74, 6) is 1.85. The number of rotatable bonds is 9. The molecule has 0 bridgehead atoms. The zero-order valence-corrected chi connectivity index (χ0v) is 18.2. The summed E-state index contributed by atoms with van der Waals surface area (Å²) in [4.78, 5) is 24.3. The van der Waals surface area contributed by atoms with Gasteiger partial charge in [0.05, 0.1) is 25.5 Å². The maximum atomic E-state index is 11.6. The molecular weight excluding hydrogens is 422 g/mol. The number of carbonyl (C=O) groups excluding carboxylic acids is 1. The standard InChI is InChI=1S/C23H23N7O3/c1-32-18-9-3-15(4-10-18)11-12-24-22-25-14-26-23(28-22)27-20-13-19(29-30-20)16-5-7-17(8-6-16)21(31)33-2/h3-10,13-14H,11-12H2,1-2H3,(H3,24,25,26,27,28,29,30). The Morgan fingerprint density at radius 1 is 1.00 bits per heavy atom. The normalized spacial score (nSPS) is 10.5. The maximum Gasteiger partial charge on any atom is 0.337 e. The summed E-state index contributed by atoms with van der Waals surface area (Å²) < 4.78 is 9.89. The average Bonchev–Trinajstić information content (AvgIpc) is 3.33. The third-order valence-electron chi connectivity index (χ3n) is 4.86. The highest BCUT2D eigenvalue weighted by atomic mass is 16.5. The summed E-state index contributed by atoms with van der Waals surface area (Å²) in [5.41, 5.74) is 3.32. The van der Waals surface area contributed by atoms with Crippen LogP contribution in [-0.4, -0.2) is 51.9 Å². The Morgan fingerprint density at radius 2 is 1.76 bits per heavy atom. The number of carbonyl (C=O) groups is 1. The molecule has 0 radical (unpaired) electrons. The molecule has 0 unspecified atom stereocenters. The number of methoxy groups -OCH3 is 2. The van der Waals surface area contributed by atoms with E-state index in [1.54, 1.807) is 19.2 Å². The molecule has 10 nitrogen and oxygen atoms in total. The molecule has 2 aromatic heterocycles. The molecule has 0 aliphatic carbocycles. The van der Waals surface area contributed by atoms with Crippen LogP contribution >= 0.6 is 0 Å². The van der Waals surface area contributed by atoms with E-state index in [1.807, 2.05) is 42.5 Å². The first-order chi connectivity index (χ1) is 16.1. The summed E-state index contributed by atoms with van der Waals surface area (Å²) in [7, 11) is 3.00. The number of esters is 1. The van der Waals surface area contributed by atoms with E-state index in [-0.39, 0.29) is 5.97 Å². The van der Waals surface area contributed by atoms with E-state index in [9.17, 15) is 4.79 Å². The van der Waals surface area contributed by atoms with E-state index in [2.05, 4.69) is 35.8 Å². The van der Waals surface area contributed by atoms with Crippen molar-refractivity contribution in [2.75, 3.05) is 31.4 Å². The molecule has 0 aliphatic heterocycles. The highest BCUT2D eigenvalue weighted by Crippen LogP contribution is 2.22. The van der Waals surface area contributed by atoms with Crippen LogP contribution < -0.4 is 15.4 Å². The van der Waals surface area contributed by atoms with Crippen molar-refractivity contribution in [1.82, 2.24) is 25.1 Å². The third-order valence-corrected chi connectivity index (χ3v) is 4.86. The number of nitrogens with one attached hydrogen (secondary N) is 3. The van der Waals surface area contributed by atoms with Crippen LogP contribution in [0.1, 0.15) is 15.9 Å². The van der Waals surface area contributed by atoms with E-state index in [4.69, 9.17) is 9.47 Å². The van der Waals surface area contributed by atoms with Crippen molar-refractivity contribution in [1.29, 1.82) is 0 Å². The Bertz CT molecular complexity index is 1210. The second kappa shape index (κ2) is 10.2. The predicted octanol–water partition coefficient (Wildman–Crippen LogP) is 3.46. The Labute approximate surface area is 190 Å². The highest BCUT2D eigenvalue weighted by molar-refractivity contribution is 5.89. The van der Waals surface area contributed by atoms with Gasteiger partial charge in [0.25, 0.3) is 0 Å². The first kappa shape index (κ1) is 21.8. The molecule has 4 aromatic rings. The second-order valence-corrected chi connectivity index (χ2v) is 7.02. The van der Waals surface area contributed by atoms with Crippen LogP contribution in [-0.2, 0) is 11.2 Å². The van der Waals surface area contributed by atoms with Gasteiger partial charge in [0.2, 0.25) is 11.9 Å². The van der Waals surface area contributed by atoms with E-state index in [1.165, 1.54) is 19.0 Å². The van der Waals surface area contributed by atoms with E-state index >= 15 is 0 Å². The van der Waals surface area contributed by atoms with Gasteiger partial charge in [-0.15, -0.1) is 0 Å². The van der Waals surface area contributed by atoms with Crippen molar-refractivity contribution in [3.8, 4) is 17.0 Å².